The Morgan fingerprint density at radius 3 is 2.40 bits per heavy atom. The molecule has 162 valence electrons. The third kappa shape index (κ3) is 5.02. The second-order valence-electron chi connectivity index (χ2n) is 6.83. The first-order valence-electron chi connectivity index (χ1n) is 9.22. The molecular weight excluding hydrogens is 436 g/mol. The summed E-state index contributed by atoms with van der Waals surface area (Å²) in [5.41, 5.74) is 0. The molecule has 1 aromatic heterocycles. The van der Waals surface area contributed by atoms with Crippen molar-refractivity contribution in [2.45, 2.75) is 24.3 Å². The first-order chi connectivity index (χ1) is 14.2. The minimum absolute atomic E-state index is 0.0386. The van der Waals surface area contributed by atoms with Gasteiger partial charge < -0.3 is 10.2 Å². The molecule has 1 atom stereocenters. The van der Waals surface area contributed by atoms with E-state index >= 15 is 0 Å². The fourth-order valence-electron chi connectivity index (χ4n) is 3.23. The van der Waals surface area contributed by atoms with Gasteiger partial charge in [0.1, 0.15) is 0 Å². The van der Waals surface area contributed by atoms with Crippen LogP contribution in [-0.2, 0) is 19.6 Å². The van der Waals surface area contributed by atoms with Gasteiger partial charge in [0.25, 0.3) is 0 Å². The summed E-state index contributed by atoms with van der Waals surface area (Å²) in [5.74, 6) is -2.80. The van der Waals surface area contributed by atoms with Crippen molar-refractivity contribution in [1.29, 1.82) is 0 Å². The molecule has 2 aromatic rings. The van der Waals surface area contributed by atoms with Gasteiger partial charge in [0.2, 0.25) is 21.8 Å². The molecule has 11 heteroatoms. The van der Waals surface area contributed by atoms with Crippen molar-refractivity contribution in [2.75, 3.05) is 26.2 Å². The predicted octanol–water partition coefficient (Wildman–Crippen LogP) is 2.13. The number of nitrogens with one attached hydrogen (secondary N) is 1. The lowest BCUT2D eigenvalue weighted by molar-refractivity contribution is -0.133. The van der Waals surface area contributed by atoms with Crippen LogP contribution >= 0.6 is 11.3 Å². The highest BCUT2D eigenvalue weighted by atomic mass is 32.2. The maximum absolute atomic E-state index is 13.4. The average molecular weight is 458 g/mol. The SMILES string of the molecule is CC(=O)NC(CC(=O)N1CCN(S(=O)(=O)c2ccc(F)c(F)c2)CC1)c1cccs1. The lowest BCUT2D eigenvalue weighted by Crippen LogP contribution is -2.51. The largest absolute Gasteiger partial charge is 0.348 e. The maximum Gasteiger partial charge on any atom is 0.243 e. The van der Waals surface area contributed by atoms with Gasteiger partial charge in [-0.2, -0.15) is 4.31 Å². The van der Waals surface area contributed by atoms with Gasteiger partial charge in [-0.3, -0.25) is 9.59 Å². The zero-order valence-electron chi connectivity index (χ0n) is 16.2. The topological polar surface area (TPSA) is 86.8 Å². The molecule has 0 radical (unpaired) electrons. The van der Waals surface area contributed by atoms with Crippen LogP contribution in [0.3, 0.4) is 0 Å². The van der Waals surface area contributed by atoms with Gasteiger partial charge in [0.15, 0.2) is 11.6 Å². The summed E-state index contributed by atoms with van der Waals surface area (Å²) < 4.78 is 53.0. The van der Waals surface area contributed by atoms with Gasteiger partial charge in [-0.05, 0) is 29.6 Å². The molecular formula is C19H21F2N3O4S2. The van der Waals surface area contributed by atoms with Gasteiger partial charge >= 0.3 is 0 Å². The Labute approximate surface area is 177 Å². The Morgan fingerprint density at radius 1 is 1.13 bits per heavy atom. The quantitative estimate of drug-likeness (QED) is 0.720. The Bertz CT molecular complexity index is 1020. The second-order valence-corrected chi connectivity index (χ2v) is 9.75. The summed E-state index contributed by atoms with van der Waals surface area (Å²) >= 11 is 1.43. The smallest absolute Gasteiger partial charge is 0.243 e. The van der Waals surface area contributed by atoms with Crippen LogP contribution in [0.1, 0.15) is 24.3 Å². The standard InChI is InChI=1S/C19H21F2N3O4S2/c1-13(25)22-17(18-3-2-10-29-18)12-19(26)23-6-8-24(9-7-23)30(27,28)14-4-5-15(20)16(21)11-14/h2-5,10-11,17H,6-9,12H2,1H3,(H,22,25). The number of amides is 2. The molecule has 1 N–H and O–H groups in total. The number of benzene rings is 1. The number of carbonyl (C=O) groups excluding carboxylic acids is 2. The van der Waals surface area contributed by atoms with Crippen LogP contribution in [0.2, 0.25) is 0 Å². The predicted molar refractivity (Wildman–Crippen MR) is 107 cm³/mol. The highest BCUT2D eigenvalue weighted by molar-refractivity contribution is 7.89. The fraction of sp³-hybridized carbons (Fsp3) is 0.368. The van der Waals surface area contributed by atoms with Crippen LogP contribution in [0.4, 0.5) is 8.78 Å². The van der Waals surface area contributed by atoms with Crippen molar-refractivity contribution in [3.05, 3.63) is 52.2 Å². The number of hydrogen-bond acceptors (Lipinski definition) is 5. The Morgan fingerprint density at radius 2 is 1.83 bits per heavy atom. The molecule has 0 bridgehead atoms. The van der Waals surface area contributed by atoms with Crippen molar-refractivity contribution in [1.82, 2.24) is 14.5 Å². The molecule has 1 fully saturated rings. The number of halogens is 2. The van der Waals surface area contributed by atoms with Crippen molar-refractivity contribution >= 4 is 33.2 Å². The molecule has 1 aliphatic rings. The van der Waals surface area contributed by atoms with Crippen molar-refractivity contribution < 1.29 is 26.8 Å². The van der Waals surface area contributed by atoms with Gasteiger partial charge in [-0.15, -0.1) is 11.3 Å². The van der Waals surface area contributed by atoms with E-state index in [-0.39, 0.29) is 49.3 Å². The molecule has 2 heterocycles. The summed E-state index contributed by atoms with van der Waals surface area (Å²) in [6.07, 6.45) is 0.0655. The van der Waals surface area contributed by atoms with E-state index in [0.717, 1.165) is 21.3 Å². The fourth-order valence-corrected chi connectivity index (χ4v) is 5.44. The molecule has 0 spiro atoms. The molecule has 2 amide bonds. The first-order valence-corrected chi connectivity index (χ1v) is 11.5. The van der Waals surface area contributed by atoms with Gasteiger partial charge in [-0.1, -0.05) is 6.07 Å². The zero-order valence-corrected chi connectivity index (χ0v) is 17.8. The molecule has 0 saturated carbocycles. The normalized spacial score (nSPS) is 16.3. The third-order valence-corrected chi connectivity index (χ3v) is 7.64. The number of sulfonamides is 1. The number of hydrogen-bond donors (Lipinski definition) is 1. The van der Waals surface area contributed by atoms with Crippen molar-refractivity contribution in [2.24, 2.45) is 0 Å². The number of piperazine rings is 1. The Kier molecular flexibility index (Phi) is 6.84. The summed E-state index contributed by atoms with van der Waals surface area (Å²) in [5, 5.41) is 4.63. The van der Waals surface area contributed by atoms with E-state index in [9.17, 15) is 26.8 Å². The van der Waals surface area contributed by atoms with E-state index in [1.165, 1.54) is 18.3 Å². The first kappa shape index (κ1) is 22.3. The van der Waals surface area contributed by atoms with E-state index in [2.05, 4.69) is 5.32 Å². The van der Waals surface area contributed by atoms with Crippen LogP contribution in [0.25, 0.3) is 0 Å². The molecule has 3 rings (SSSR count). The third-order valence-electron chi connectivity index (χ3n) is 4.76. The van der Waals surface area contributed by atoms with E-state index in [1.54, 1.807) is 4.90 Å². The van der Waals surface area contributed by atoms with Crippen LogP contribution in [0.5, 0.6) is 0 Å². The highest BCUT2D eigenvalue weighted by Gasteiger charge is 2.31. The second kappa shape index (κ2) is 9.19. The maximum atomic E-state index is 13.4. The van der Waals surface area contributed by atoms with E-state index in [0.29, 0.717) is 6.07 Å². The van der Waals surface area contributed by atoms with Gasteiger partial charge in [0, 0.05) is 38.0 Å². The molecule has 1 unspecified atom stereocenters. The molecule has 30 heavy (non-hydrogen) atoms. The van der Waals surface area contributed by atoms with Crippen LogP contribution in [0, 0.1) is 11.6 Å². The minimum Gasteiger partial charge on any atom is -0.348 e. The number of rotatable bonds is 6. The summed E-state index contributed by atoms with van der Waals surface area (Å²) in [6, 6.07) is 5.67. The Balaban J connectivity index is 1.63. The monoisotopic (exact) mass is 457 g/mol. The highest BCUT2D eigenvalue weighted by Crippen LogP contribution is 2.24. The molecule has 7 nitrogen and oxygen atoms in total. The molecule has 0 aliphatic carbocycles. The number of carbonyl (C=O) groups is 2. The summed E-state index contributed by atoms with van der Waals surface area (Å²) in [6.45, 7) is 1.79. The van der Waals surface area contributed by atoms with E-state index in [4.69, 9.17) is 0 Å². The number of thiophene rings is 1. The summed E-state index contributed by atoms with van der Waals surface area (Å²) in [7, 11) is -3.99. The van der Waals surface area contributed by atoms with E-state index < -0.39 is 27.7 Å². The van der Waals surface area contributed by atoms with Crippen LogP contribution < -0.4 is 5.32 Å². The molecule has 1 aromatic carbocycles. The lowest BCUT2D eigenvalue weighted by Gasteiger charge is -2.34. The van der Waals surface area contributed by atoms with Crippen molar-refractivity contribution in [3.8, 4) is 0 Å². The van der Waals surface area contributed by atoms with Gasteiger partial charge in [0.05, 0.1) is 17.4 Å². The molecule has 1 saturated heterocycles. The lowest BCUT2D eigenvalue weighted by atomic mass is 10.1. The van der Waals surface area contributed by atoms with Crippen LogP contribution in [0.15, 0.2) is 40.6 Å². The number of nitrogens with zero attached hydrogens (tertiary/aromatic N) is 2. The van der Waals surface area contributed by atoms with Crippen LogP contribution in [-0.4, -0.2) is 55.6 Å². The van der Waals surface area contributed by atoms with Crippen molar-refractivity contribution in [3.63, 3.8) is 0 Å². The van der Waals surface area contributed by atoms with E-state index in [1.807, 2.05) is 17.5 Å². The zero-order chi connectivity index (χ0) is 21.9. The Hall–Kier alpha value is -2.37. The van der Waals surface area contributed by atoms with Gasteiger partial charge in [-0.25, -0.2) is 17.2 Å². The minimum atomic E-state index is -3.99. The summed E-state index contributed by atoms with van der Waals surface area (Å²) in [4.78, 5) is 26.3. The molecule has 1 aliphatic heterocycles. The average Bonchev–Trinajstić information content (AvgIpc) is 3.24.